The number of rotatable bonds is 1. The molecule has 1 heterocycles. The highest BCUT2D eigenvalue weighted by atomic mass is 16.6. The molecule has 1 spiro atoms. The summed E-state index contributed by atoms with van der Waals surface area (Å²) in [6.07, 6.45) is 13.6. The standard InChI is InChI=1S/C23H32O3/c1-3-22-11-6-16(24)14-15(22)4-5-17-18-8-12-23(13-9-20(25)26-23)21(18,2)10-7-19(17)22/h14,17-19H,3-13H2,1-2H3/t17-,18?,19?,21?,22-,23+/m0/s1. The third-order valence-electron chi connectivity index (χ3n) is 9.65. The van der Waals surface area contributed by atoms with E-state index in [1.165, 1.54) is 37.7 Å². The maximum absolute atomic E-state index is 12.0. The predicted octanol–water partition coefficient (Wildman–Crippen LogP) is 4.98. The fraction of sp³-hybridized carbons (Fsp3) is 0.826. The van der Waals surface area contributed by atoms with Crippen LogP contribution in [0.5, 0.6) is 0 Å². The van der Waals surface area contributed by atoms with Gasteiger partial charge in [-0.25, -0.2) is 0 Å². The van der Waals surface area contributed by atoms with Gasteiger partial charge in [-0.15, -0.1) is 0 Å². The third-order valence-corrected chi connectivity index (χ3v) is 9.65. The number of carbonyl (C=O) groups excluding carboxylic acids is 2. The summed E-state index contributed by atoms with van der Waals surface area (Å²) in [6, 6.07) is 0. The Kier molecular flexibility index (Phi) is 3.57. The first-order valence-electron chi connectivity index (χ1n) is 10.9. The van der Waals surface area contributed by atoms with Gasteiger partial charge in [-0.05, 0) is 87.0 Å². The molecule has 3 unspecified atom stereocenters. The lowest BCUT2D eigenvalue weighted by Gasteiger charge is -2.60. The monoisotopic (exact) mass is 356 g/mol. The van der Waals surface area contributed by atoms with Crippen LogP contribution in [0, 0.1) is 28.6 Å². The van der Waals surface area contributed by atoms with Crippen LogP contribution in [0.3, 0.4) is 0 Å². The van der Waals surface area contributed by atoms with Crippen LogP contribution in [0.25, 0.3) is 0 Å². The average Bonchev–Trinajstić information content (AvgIpc) is 3.15. The summed E-state index contributed by atoms with van der Waals surface area (Å²) in [5, 5.41) is 0. The lowest BCUT2D eigenvalue weighted by molar-refractivity contribution is -0.168. The maximum Gasteiger partial charge on any atom is 0.306 e. The van der Waals surface area contributed by atoms with E-state index in [9.17, 15) is 9.59 Å². The molecule has 5 rings (SSSR count). The molecule has 0 aromatic rings. The molecular weight excluding hydrogens is 324 g/mol. The molecule has 1 saturated heterocycles. The Balaban J connectivity index is 1.51. The van der Waals surface area contributed by atoms with Gasteiger partial charge in [-0.1, -0.05) is 19.4 Å². The Morgan fingerprint density at radius 3 is 2.54 bits per heavy atom. The highest BCUT2D eigenvalue weighted by Crippen LogP contribution is 2.70. The van der Waals surface area contributed by atoms with Crippen LogP contribution in [0.15, 0.2) is 11.6 Å². The van der Waals surface area contributed by atoms with E-state index in [4.69, 9.17) is 4.74 Å². The topological polar surface area (TPSA) is 43.4 Å². The number of fused-ring (bicyclic) bond motifs is 6. The second-order valence-corrected chi connectivity index (χ2v) is 10.0. The van der Waals surface area contributed by atoms with E-state index in [1.807, 2.05) is 6.08 Å². The van der Waals surface area contributed by atoms with Crippen molar-refractivity contribution < 1.29 is 14.3 Å². The number of hydrogen-bond donors (Lipinski definition) is 0. The third kappa shape index (κ3) is 1.95. The zero-order valence-corrected chi connectivity index (χ0v) is 16.3. The molecule has 4 aliphatic carbocycles. The van der Waals surface area contributed by atoms with Gasteiger partial charge in [0, 0.05) is 18.3 Å². The number of ether oxygens (including phenoxy) is 1. The van der Waals surface area contributed by atoms with Crippen molar-refractivity contribution >= 4 is 11.8 Å². The molecule has 3 saturated carbocycles. The van der Waals surface area contributed by atoms with Crippen LogP contribution >= 0.6 is 0 Å². The summed E-state index contributed by atoms with van der Waals surface area (Å²) < 4.78 is 6.04. The summed E-state index contributed by atoms with van der Waals surface area (Å²) in [7, 11) is 0. The van der Waals surface area contributed by atoms with Gasteiger partial charge in [-0.3, -0.25) is 9.59 Å². The number of allylic oxidation sites excluding steroid dienone is 1. The summed E-state index contributed by atoms with van der Waals surface area (Å²) in [6.45, 7) is 4.78. The minimum atomic E-state index is -0.169. The summed E-state index contributed by atoms with van der Waals surface area (Å²) in [5.41, 5.74) is 1.75. The second-order valence-electron chi connectivity index (χ2n) is 10.0. The highest BCUT2D eigenvalue weighted by molar-refractivity contribution is 5.91. The zero-order valence-electron chi connectivity index (χ0n) is 16.3. The Morgan fingerprint density at radius 1 is 1.00 bits per heavy atom. The van der Waals surface area contributed by atoms with Crippen LogP contribution in [0.1, 0.15) is 84.5 Å². The fourth-order valence-corrected chi connectivity index (χ4v) is 8.32. The van der Waals surface area contributed by atoms with Crippen molar-refractivity contribution in [3.63, 3.8) is 0 Å². The maximum atomic E-state index is 12.0. The molecule has 26 heavy (non-hydrogen) atoms. The van der Waals surface area contributed by atoms with E-state index in [-0.39, 0.29) is 22.4 Å². The van der Waals surface area contributed by atoms with Gasteiger partial charge in [0.1, 0.15) is 5.60 Å². The van der Waals surface area contributed by atoms with Crippen LogP contribution in [-0.4, -0.2) is 17.4 Å². The van der Waals surface area contributed by atoms with Gasteiger partial charge in [0.05, 0.1) is 0 Å². The van der Waals surface area contributed by atoms with Crippen LogP contribution in [0.2, 0.25) is 0 Å². The van der Waals surface area contributed by atoms with Crippen molar-refractivity contribution in [1.82, 2.24) is 0 Å². The number of ketones is 1. The lowest BCUT2D eigenvalue weighted by atomic mass is 9.45. The van der Waals surface area contributed by atoms with Gasteiger partial charge < -0.3 is 4.74 Å². The number of hydrogen-bond acceptors (Lipinski definition) is 3. The Hall–Kier alpha value is -1.12. The first-order valence-corrected chi connectivity index (χ1v) is 10.9. The van der Waals surface area contributed by atoms with Crippen LogP contribution in [-0.2, 0) is 14.3 Å². The molecule has 5 aliphatic rings. The molecule has 6 atom stereocenters. The normalized spacial score (nSPS) is 50.1. The molecule has 0 bridgehead atoms. The minimum Gasteiger partial charge on any atom is -0.458 e. The van der Waals surface area contributed by atoms with Gasteiger partial charge in [-0.2, -0.15) is 0 Å². The SMILES string of the molecule is CC[C@]12CCC(=O)C=C1CC[C@H]1C3CC[C@@]4(CCC(=O)O4)C3(C)CCC12. The molecule has 0 amide bonds. The average molecular weight is 357 g/mol. The van der Waals surface area contributed by atoms with E-state index in [2.05, 4.69) is 13.8 Å². The Labute approximate surface area is 156 Å². The van der Waals surface area contributed by atoms with Crippen molar-refractivity contribution in [3.05, 3.63) is 11.6 Å². The summed E-state index contributed by atoms with van der Waals surface area (Å²) in [5.74, 6) is 2.54. The zero-order chi connectivity index (χ0) is 18.2. The molecule has 3 heteroatoms. The first kappa shape index (κ1) is 17.0. The van der Waals surface area contributed by atoms with Crippen LogP contribution in [0.4, 0.5) is 0 Å². The molecule has 0 radical (unpaired) electrons. The van der Waals surface area contributed by atoms with Gasteiger partial charge in [0.2, 0.25) is 0 Å². The molecule has 3 nitrogen and oxygen atoms in total. The van der Waals surface area contributed by atoms with Gasteiger partial charge in [0.15, 0.2) is 5.78 Å². The Bertz CT molecular complexity index is 694. The molecule has 0 aromatic heterocycles. The van der Waals surface area contributed by atoms with Gasteiger partial charge >= 0.3 is 5.97 Å². The first-order chi connectivity index (χ1) is 12.4. The molecule has 0 N–H and O–H groups in total. The van der Waals surface area contributed by atoms with Crippen molar-refractivity contribution in [2.75, 3.05) is 0 Å². The summed E-state index contributed by atoms with van der Waals surface area (Å²) in [4.78, 5) is 24.0. The van der Waals surface area contributed by atoms with E-state index in [1.54, 1.807) is 0 Å². The highest BCUT2D eigenvalue weighted by Gasteiger charge is 2.67. The molecular formula is C23H32O3. The van der Waals surface area contributed by atoms with Crippen LogP contribution < -0.4 is 0 Å². The van der Waals surface area contributed by atoms with Crippen molar-refractivity contribution in [1.29, 1.82) is 0 Å². The molecule has 1 aliphatic heterocycles. The van der Waals surface area contributed by atoms with E-state index in [0.29, 0.717) is 18.1 Å². The Morgan fingerprint density at radius 2 is 1.81 bits per heavy atom. The fourth-order valence-electron chi connectivity index (χ4n) is 8.32. The van der Waals surface area contributed by atoms with E-state index < -0.39 is 0 Å². The number of esters is 1. The van der Waals surface area contributed by atoms with Crippen molar-refractivity contribution in [3.8, 4) is 0 Å². The van der Waals surface area contributed by atoms with Crippen molar-refractivity contribution in [2.24, 2.45) is 28.6 Å². The molecule has 4 fully saturated rings. The van der Waals surface area contributed by atoms with Crippen molar-refractivity contribution in [2.45, 2.75) is 90.1 Å². The number of carbonyl (C=O) groups is 2. The smallest absolute Gasteiger partial charge is 0.306 e. The lowest BCUT2D eigenvalue weighted by Crippen LogP contribution is -2.55. The quantitative estimate of drug-likeness (QED) is 0.622. The second kappa shape index (κ2) is 5.45. The predicted molar refractivity (Wildman–Crippen MR) is 99.4 cm³/mol. The van der Waals surface area contributed by atoms with E-state index in [0.717, 1.165) is 43.9 Å². The molecule has 0 aromatic carbocycles. The van der Waals surface area contributed by atoms with E-state index >= 15 is 0 Å². The summed E-state index contributed by atoms with van der Waals surface area (Å²) >= 11 is 0. The largest absolute Gasteiger partial charge is 0.458 e. The molecule has 142 valence electrons. The van der Waals surface area contributed by atoms with Gasteiger partial charge in [0.25, 0.3) is 0 Å². The minimum absolute atomic E-state index is 0.0266.